The van der Waals surface area contributed by atoms with Crippen LogP contribution in [0.5, 0.6) is 0 Å². The van der Waals surface area contributed by atoms with E-state index >= 15 is 0 Å². The van der Waals surface area contributed by atoms with E-state index in [9.17, 15) is 0 Å². The molecule has 0 heterocycles. The first kappa shape index (κ1) is 14.0. The molecule has 0 fully saturated rings. The molecule has 0 aliphatic rings. The molecular weight excluding hydrogens is 168 g/mol. The lowest BCUT2D eigenvalue weighted by atomic mass is 9.80. The second-order valence-corrected chi connectivity index (χ2v) is 5.57. The van der Waals surface area contributed by atoms with Crippen molar-refractivity contribution in [2.45, 2.75) is 67.2 Å². The zero-order chi connectivity index (χ0) is 11.1. The summed E-state index contributed by atoms with van der Waals surface area (Å²) in [7, 11) is 0. The van der Waals surface area contributed by atoms with E-state index in [-0.39, 0.29) is 0 Å². The van der Waals surface area contributed by atoms with Crippen LogP contribution in [0.1, 0.15) is 67.2 Å². The van der Waals surface area contributed by atoms with Gasteiger partial charge in [0.05, 0.1) is 0 Å². The van der Waals surface area contributed by atoms with Crippen LogP contribution in [0.3, 0.4) is 0 Å². The molecule has 0 aromatic carbocycles. The van der Waals surface area contributed by atoms with E-state index in [2.05, 4.69) is 41.5 Å². The lowest BCUT2D eigenvalue weighted by Gasteiger charge is -2.26. The van der Waals surface area contributed by atoms with Crippen molar-refractivity contribution < 1.29 is 0 Å². The summed E-state index contributed by atoms with van der Waals surface area (Å²) < 4.78 is 0. The summed E-state index contributed by atoms with van der Waals surface area (Å²) in [5.41, 5.74) is 0. The second-order valence-electron chi connectivity index (χ2n) is 5.57. The molecule has 3 atom stereocenters. The highest BCUT2D eigenvalue weighted by molar-refractivity contribution is 4.68. The zero-order valence-electron chi connectivity index (χ0n) is 11.1. The van der Waals surface area contributed by atoms with Gasteiger partial charge < -0.3 is 0 Å². The first-order valence-electron chi connectivity index (χ1n) is 6.49. The van der Waals surface area contributed by atoms with Gasteiger partial charge in [0, 0.05) is 0 Å². The Labute approximate surface area is 91.5 Å². The molecule has 0 nitrogen and oxygen atoms in total. The van der Waals surface area contributed by atoms with E-state index in [1.54, 1.807) is 0 Å². The summed E-state index contributed by atoms with van der Waals surface area (Å²) in [5, 5.41) is 0. The molecule has 0 aliphatic heterocycles. The SMILES string of the molecule is CCCC(C)C(C)C(C)CCC(C)C. The maximum atomic E-state index is 2.44. The molecule has 0 amide bonds. The van der Waals surface area contributed by atoms with Gasteiger partial charge in [-0.15, -0.1) is 0 Å². The van der Waals surface area contributed by atoms with Crippen molar-refractivity contribution in [3.05, 3.63) is 0 Å². The van der Waals surface area contributed by atoms with Crippen molar-refractivity contribution in [3.63, 3.8) is 0 Å². The van der Waals surface area contributed by atoms with Gasteiger partial charge in [-0.3, -0.25) is 0 Å². The average Bonchev–Trinajstić information content (AvgIpc) is 2.13. The molecule has 0 heteroatoms. The Kier molecular flexibility index (Phi) is 7.31. The highest BCUT2D eigenvalue weighted by Crippen LogP contribution is 2.28. The molecule has 0 N–H and O–H groups in total. The van der Waals surface area contributed by atoms with Crippen molar-refractivity contribution in [1.29, 1.82) is 0 Å². The van der Waals surface area contributed by atoms with Crippen LogP contribution in [0.2, 0.25) is 0 Å². The maximum Gasteiger partial charge on any atom is -0.0391 e. The number of hydrogen-bond acceptors (Lipinski definition) is 0. The van der Waals surface area contributed by atoms with E-state index in [0.29, 0.717) is 0 Å². The van der Waals surface area contributed by atoms with Gasteiger partial charge in [-0.1, -0.05) is 67.2 Å². The monoisotopic (exact) mass is 198 g/mol. The fourth-order valence-electron chi connectivity index (χ4n) is 2.14. The molecule has 86 valence electrons. The van der Waals surface area contributed by atoms with Crippen molar-refractivity contribution in [2.24, 2.45) is 23.7 Å². The molecule has 0 saturated carbocycles. The Hall–Kier alpha value is 0. The molecule has 0 aromatic heterocycles. The third-order valence-corrected chi connectivity index (χ3v) is 3.74. The molecule has 0 rings (SSSR count). The number of hydrogen-bond donors (Lipinski definition) is 0. The smallest absolute Gasteiger partial charge is 0.0391 e. The summed E-state index contributed by atoms with van der Waals surface area (Å²) in [6.45, 7) is 14.2. The molecule has 0 aliphatic carbocycles. The summed E-state index contributed by atoms with van der Waals surface area (Å²) in [6, 6.07) is 0. The summed E-state index contributed by atoms with van der Waals surface area (Å²) in [6.07, 6.45) is 5.53. The first-order chi connectivity index (χ1) is 6.49. The van der Waals surface area contributed by atoms with Crippen LogP contribution in [0.25, 0.3) is 0 Å². The molecule has 14 heavy (non-hydrogen) atoms. The minimum absolute atomic E-state index is 0.867. The highest BCUT2D eigenvalue weighted by atomic mass is 14.2. The van der Waals surface area contributed by atoms with Gasteiger partial charge in [0.25, 0.3) is 0 Å². The summed E-state index contributed by atoms with van der Waals surface area (Å²) in [4.78, 5) is 0. The van der Waals surface area contributed by atoms with Crippen LogP contribution in [0.4, 0.5) is 0 Å². The van der Waals surface area contributed by atoms with Gasteiger partial charge in [-0.2, -0.15) is 0 Å². The largest absolute Gasteiger partial charge is 0.0654 e. The molecule has 0 saturated heterocycles. The average molecular weight is 198 g/mol. The van der Waals surface area contributed by atoms with E-state index < -0.39 is 0 Å². The minimum atomic E-state index is 0.867. The van der Waals surface area contributed by atoms with Crippen LogP contribution in [-0.2, 0) is 0 Å². The molecule has 0 radical (unpaired) electrons. The predicted molar refractivity (Wildman–Crippen MR) is 66.5 cm³/mol. The summed E-state index contributed by atoms with van der Waals surface area (Å²) >= 11 is 0. The Bertz CT molecular complexity index is 126. The van der Waals surface area contributed by atoms with Gasteiger partial charge in [-0.05, 0) is 23.7 Å². The van der Waals surface area contributed by atoms with E-state index in [4.69, 9.17) is 0 Å². The van der Waals surface area contributed by atoms with Crippen molar-refractivity contribution in [1.82, 2.24) is 0 Å². The Balaban J connectivity index is 3.79. The van der Waals surface area contributed by atoms with Crippen molar-refractivity contribution in [2.75, 3.05) is 0 Å². The van der Waals surface area contributed by atoms with E-state index in [1.165, 1.54) is 25.7 Å². The minimum Gasteiger partial charge on any atom is -0.0654 e. The lowest BCUT2D eigenvalue weighted by molar-refractivity contribution is 0.243. The fraction of sp³-hybridized carbons (Fsp3) is 1.00. The maximum absolute atomic E-state index is 2.44. The fourth-order valence-corrected chi connectivity index (χ4v) is 2.14. The summed E-state index contributed by atoms with van der Waals surface area (Å²) in [5.74, 6) is 3.57. The van der Waals surface area contributed by atoms with E-state index in [1.807, 2.05) is 0 Å². The van der Waals surface area contributed by atoms with Crippen LogP contribution in [0.15, 0.2) is 0 Å². The first-order valence-corrected chi connectivity index (χ1v) is 6.49. The van der Waals surface area contributed by atoms with Crippen LogP contribution in [-0.4, -0.2) is 0 Å². The number of rotatable bonds is 7. The standard InChI is InChI=1S/C14H30/c1-7-8-12(4)14(6)13(5)10-9-11(2)3/h11-14H,7-10H2,1-6H3. The normalized spacial score (nSPS) is 18.2. The predicted octanol–water partition coefficient (Wildman–Crippen LogP) is 5.13. The lowest BCUT2D eigenvalue weighted by Crippen LogP contribution is -2.17. The Morgan fingerprint density at radius 1 is 0.714 bits per heavy atom. The van der Waals surface area contributed by atoms with Crippen LogP contribution < -0.4 is 0 Å². The molecule has 0 bridgehead atoms. The van der Waals surface area contributed by atoms with Gasteiger partial charge >= 0.3 is 0 Å². The van der Waals surface area contributed by atoms with Crippen molar-refractivity contribution in [3.8, 4) is 0 Å². The molecule has 3 unspecified atom stereocenters. The van der Waals surface area contributed by atoms with Gasteiger partial charge in [0.15, 0.2) is 0 Å². The molecular formula is C14H30. The Morgan fingerprint density at radius 2 is 1.21 bits per heavy atom. The van der Waals surface area contributed by atoms with Crippen LogP contribution in [0, 0.1) is 23.7 Å². The van der Waals surface area contributed by atoms with Gasteiger partial charge in [0.2, 0.25) is 0 Å². The Morgan fingerprint density at radius 3 is 1.64 bits per heavy atom. The van der Waals surface area contributed by atoms with Crippen molar-refractivity contribution >= 4 is 0 Å². The second kappa shape index (κ2) is 7.31. The molecule has 0 aromatic rings. The van der Waals surface area contributed by atoms with Crippen LogP contribution >= 0.6 is 0 Å². The highest BCUT2D eigenvalue weighted by Gasteiger charge is 2.18. The van der Waals surface area contributed by atoms with Gasteiger partial charge in [-0.25, -0.2) is 0 Å². The third-order valence-electron chi connectivity index (χ3n) is 3.74. The van der Waals surface area contributed by atoms with E-state index in [0.717, 1.165) is 23.7 Å². The quantitative estimate of drug-likeness (QED) is 0.532. The molecule has 0 spiro atoms. The van der Waals surface area contributed by atoms with Gasteiger partial charge in [0.1, 0.15) is 0 Å². The zero-order valence-corrected chi connectivity index (χ0v) is 11.1. The topological polar surface area (TPSA) is 0 Å². The third kappa shape index (κ3) is 5.67.